The first-order valence-electron chi connectivity index (χ1n) is 11.8. The number of piperidine rings is 1. The van der Waals surface area contributed by atoms with Crippen molar-refractivity contribution in [3.05, 3.63) is 0 Å². The van der Waals surface area contributed by atoms with Gasteiger partial charge in [-0.3, -0.25) is 4.90 Å². The SMILES string of the molecule is CCN1C[C@]2(CO)CC[C@H](O)[C@@]34[C@@H]5C[C@H]6[C@H](O)[C@@H]5[C@](O)(C[C@@H]6OC)[C@@H]([C@H](OC)[C@H]23)[C@@H]14. The van der Waals surface area contributed by atoms with Gasteiger partial charge in [0.25, 0.3) is 0 Å². The van der Waals surface area contributed by atoms with Gasteiger partial charge in [-0.15, -0.1) is 0 Å². The van der Waals surface area contributed by atoms with Gasteiger partial charge in [-0.2, -0.15) is 0 Å². The minimum absolute atomic E-state index is 0.000214. The second-order valence-corrected chi connectivity index (χ2v) is 11.3. The number of methoxy groups -OCH3 is 2. The number of aliphatic hydroxyl groups is 4. The summed E-state index contributed by atoms with van der Waals surface area (Å²) in [6, 6.07) is 0.000214. The van der Waals surface area contributed by atoms with Crippen LogP contribution in [-0.2, 0) is 9.47 Å². The predicted molar refractivity (Wildman–Crippen MR) is 107 cm³/mol. The molecule has 0 unspecified atom stereocenters. The molecule has 5 saturated carbocycles. The zero-order valence-corrected chi connectivity index (χ0v) is 18.3. The third-order valence-electron chi connectivity index (χ3n) is 11.0. The van der Waals surface area contributed by atoms with Gasteiger partial charge in [-0.1, -0.05) is 6.92 Å². The maximum atomic E-state index is 12.4. The summed E-state index contributed by atoms with van der Waals surface area (Å²) < 4.78 is 12.0. The molecule has 0 radical (unpaired) electrons. The number of hydrogen-bond donors (Lipinski definition) is 4. The second kappa shape index (κ2) is 6.19. The van der Waals surface area contributed by atoms with Crippen molar-refractivity contribution in [3.8, 4) is 0 Å². The molecule has 7 heteroatoms. The highest BCUT2D eigenvalue weighted by molar-refractivity contribution is 5.35. The molecule has 6 fully saturated rings. The largest absolute Gasteiger partial charge is 0.396 e. The van der Waals surface area contributed by atoms with E-state index in [-0.39, 0.29) is 59.9 Å². The number of ether oxygens (including phenoxy) is 2. The van der Waals surface area contributed by atoms with Crippen LogP contribution in [0.15, 0.2) is 0 Å². The van der Waals surface area contributed by atoms with Crippen LogP contribution in [0.5, 0.6) is 0 Å². The van der Waals surface area contributed by atoms with E-state index in [2.05, 4.69) is 11.8 Å². The third-order valence-corrected chi connectivity index (χ3v) is 11.0. The van der Waals surface area contributed by atoms with E-state index in [0.717, 1.165) is 25.9 Å². The van der Waals surface area contributed by atoms with Gasteiger partial charge in [0.05, 0.1) is 36.6 Å². The lowest BCUT2D eigenvalue weighted by atomic mass is 9.43. The first-order chi connectivity index (χ1) is 14.4. The monoisotopic (exact) mass is 423 g/mol. The average Bonchev–Trinajstić information content (AvgIpc) is 3.15. The lowest BCUT2D eigenvalue weighted by Crippen LogP contribution is -2.76. The number of rotatable bonds is 4. The Bertz CT molecular complexity index is 736. The smallest absolute Gasteiger partial charge is 0.0796 e. The zero-order chi connectivity index (χ0) is 21.2. The van der Waals surface area contributed by atoms with Gasteiger partial charge in [-0.25, -0.2) is 0 Å². The Kier molecular flexibility index (Phi) is 4.19. The van der Waals surface area contributed by atoms with Crippen LogP contribution in [0, 0.1) is 40.4 Å². The predicted octanol–water partition coefficient (Wildman–Crippen LogP) is -0.152. The van der Waals surface area contributed by atoms with Crippen LogP contribution in [0.2, 0.25) is 0 Å². The number of aliphatic hydroxyl groups excluding tert-OH is 3. The summed E-state index contributed by atoms with van der Waals surface area (Å²) in [6.45, 7) is 3.81. The molecule has 0 aromatic heterocycles. The van der Waals surface area contributed by atoms with Crippen molar-refractivity contribution in [2.24, 2.45) is 40.4 Å². The maximum Gasteiger partial charge on any atom is 0.0796 e. The summed E-state index contributed by atoms with van der Waals surface area (Å²) in [5.41, 5.74) is -1.89. The van der Waals surface area contributed by atoms with Crippen molar-refractivity contribution in [2.75, 3.05) is 33.9 Å². The van der Waals surface area contributed by atoms with Crippen molar-refractivity contribution in [2.45, 2.75) is 68.7 Å². The first-order valence-corrected chi connectivity index (χ1v) is 11.8. The van der Waals surface area contributed by atoms with Gasteiger partial charge in [0, 0.05) is 67.7 Å². The lowest BCUT2D eigenvalue weighted by molar-refractivity contribution is -0.271. The first kappa shape index (κ1) is 20.3. The Morgan fingerprint density at radius 2 is 1.90 bits per heavy atom. The summed E-state index contributed by atoms with van der Waals surface area (Å²) in [4.78, 5) is 2.42. The fraction of sp³-hybridized carbons (Fsp3) is 1.00. The average molecular weight is 424 g/mol. The molecule has 1 heterocycles. The standard InChI is InChI=1S/C23H37NO6/c1-4-24-9-21(10-25)6-5-14(26)23-12-7-11-13(29-2)8-22(28,15(12)17(11)27)16(20(23)24)18(30-3)19(21)23/h11-20,25-28H,4-10H2,1-3H3/t11-,12-,13+,14+,15-,16+,17+,18+,19-,20-,21+,22-,23+/m1/s1. The quantitative estimate of drug-likeness (QED) is 0.499. The fourth-order valence-corrected chi connectivity index (χ4v) is 10.4. The molecule has 30 heavy (non-hydrogen) atoms. The molecular weight excluding hydrogens is 386 g/mol. The van der Waals surface area contributed by atoms with E-state index in [0.29, 0.717) is 12.8 Å². The highest BCUT2D eigenvalue weighted by atomic mass is 16.5. The third kappa shape index (κ3) is 1.88. The van der Waals surface area contributed by atoms with Crippen LogP contribution < -0.4 is 0 Å². The molecule has 4 N–H and O–H groups in total. The normalized spacial score (nSPS) is 63.3. The van der Waals surface area contributed by atoms with Gasteiger partial charge in [-0.05, 0) is 31.7 Å². The van der Waals surface area contributed by atoms with Crippen molar-refractivity contribution in [1.29, 1.82) is 0 Å². The fourth-order valence-electron chi connectivity index (χ4n) is 10.4. The molecular formula is C23H37NO6. The van der Waals surface area contributed by atoms with Crippen LogP contribution in [0.25, 0.3) is 0 Å². The molecule has 1 aliphatic heterocycles. The molecule has 1 spiro atoms. The molecule has 170 valence electrons. The van der Waals surface area contributed by atoms with Crippen molar-refractivity contribution in [3.63, 3.8) is 0 Å². The van der Waals surface area contributed by atoms with Gasteiger partial charge < -0.3 is 29.9 Å². The van der Waals surface area contributed by atoms with Gasteiger partial charge in [0.15, 0.2) is 0 Å². The highest BCUT2D eigenvalue weighted by Gasteiger charge is 2.86. The Morgan fingerprint density at radius 3 is 2.53 bits per heavy atom. The number of fused-ring (bicyclic) bond motifs is 2. The number of hydrogen-bond acceptors (Lipinski definition) is 7. The van der Waals surface area contributed by atoms with E-state index in [1.807, 2.05) is 0 Å². The minimum atomic E-state index is -1.09. The van der Waals surface area contributed by atoms with Gasteiger partial charge in [0.1, 0.15) is 0 Å². The van der Waals surface area contributed by atoms with E-state index < -0.39 is 23.2 Å². The molecule has 0 aromatic carbocycles. The summed E-state index contributed by atoms with van der Waals surface area (Å²) >= 11 is 0. The molecule has 0 aromatic rings. The summed E-state index contributed by atoms with van der Waals surface area (Å²) in [6.07, 6.45) is 1.16. The summed E-state index contributed by atoms with van der Waals surface area (Å²) in [5, 5.41) is 46.2. The highest BCUT2D eigenvalue weighted by Crippen LogP contribution is 2.79. The van der Waals surface area contributed by atoms with Crippen LogP contribution in [0.1, 0.15) is 32.6 Å². The van der Waals surface area contributed by atoms with Crippen LogP contribution in [-0.4, -0.2) is 95.3 Å². The van der Waals surface area contributed by atoms with E-state index in [9.17, 15) is 20.4 Å². The van der Waals surface area contributed by atoms with E-state index in [1.165, 1.54) is 0 Å². The van der Waals surface area contributed by atoms with Crippen LogP contribution in [0.4, 0.5) is 0 Å². The van der Waals surface area contributed by atoms with Crippen molar-refractivity contribution in [1.82, 2.24) is 4.90 Å². The second-order valence-electron chi connectivity index (χ2n) is 11.3. The summed E-state index contributed by atoms with van der Waals surface area (Å²) in [5.74, 6) is -0.480. The van der Waals surface area contributed by atoms with E-state index in [1.54, 1.807) is 14.2 Å². The Morgan fingerprint density at radius 1 is 1.13 bits per heavy atom. The number of nitrogens with zero attached hydrogens (tertiary/aromatic N) is 1. The molecule has 13 atom stereocenters. The Labute approximate surface area is 178 Å². The minimum Gasteiger partial charge on any atom is -0.396 e. The Hall–Kier alpha value is -0.280. The molecule has 1 saturated heterocycles. The van der Waals surface area contributed by atoms with Crippen LogP contribution in [0.3, 0.4) is 0 Å². The van der Waals surface area contributed by atoms with Gasteiger partial charge >= 0.3 is 0 Å². The maximum absolute atomic E-state index is 12.4. The zero-order valence-electron chi connectivity index (χ0n) is 18.3. The lowest BCUT2D eigenvalue weighted by Gasteiger charge is -2.68. The van der Waals surface area contributed by atoms with E-state index in [4.69, 9.17) is 9.47 Å². The van der Waals surface area contributed by atoms with Crippen molar-refractivity contribution >= 4 is 0 Å². The van der Waals surface area contributed by atoms with Crippen LogP contribution >= 0.6 is 0 Å². The van der Waals surface area contributed by atoms with E-state index >= 15 is 0 Å². The molecule has 6 rings (SSSR count). The van der Waals surface area contributed by atoms with Crippen molar-refractivity contribution < 1.29 is 29.9 Å². The van der Waals surface area contributed by atoms with Gasteiger partial charge in [0.2, 0.25) is 0 Å². The summed E-state index contributed by atoms with van der Waals surface area (Å²) in [7, 11) is 3.40. The topological polar surface area (TPSA) is 103 Å². The molecule has 6 aliphatic rings. The number of likely N-dealkylation sites (tertiary alicyclic amines) is 1. The molecule has 7 nitrogen and oxygen atoms in total. The molecule has 7 bridgehead atoms. The molecule has 5 aliphatic carbocycles. The molecule has 0 amide bonds. The Balaban J connectivity index is 1.64.